The summed E-state index contributed by atoms with van der Waals surface area (Å²) >= 11 is 0. The average molecular weight is 489 g/mol. The second-order valence-corrected chi connectivity index (χ2v) is 9.05. The average Bonchev–Trinajstić information content (AvgIpc) is 3.02. The van der Waals surface area contributed by atoms with Crippen LogP contribution in [-0.4, -0.2) is 60.4 Å². The van der Waals surface area contributed by atoms with Crippen molar-refractivity contribution in [2.75, 3.05) is 53.3 Å². The number of nitrogens with one attached hydrogen (secondary N) is 1. The second kappa shape index (κ2) is 10.4. The van der Waals surface area contributed by atoms with Gasteiger partial charge in [-0.3, -0.25) is 4.79 Å². The number of hydrogen-bond acceptors (Lipinski definition) is 8. The number of piperidine rings is 1. The first-order valence-corrected chi connectivity index (χ1v) is 12.5. The van der Waals surface area contributed by atoms with Crippen LogP contribution in [0.1, 0.15) is 26.2 Å². The number of benzene rings is 2. The number of ether oxygens (including phenoxy) is 1. The summed E-state index contributed by atoms with van der Waals surface area (Å²) in [5.74, 6) is 1.84. The fourth-order valence-corrected chi connectivity index (χ4v) is 4.67. The van der Waals surface area contributed by atoms with Gasteiger partial charge in [-0.2, -0.15) is 4.98 Å². The Bertz CT molecular complexity index is 1210. The van der Waals surface area contributed by atoms with Gasteiger partial charge in [0.1, 0.15) is 11.4 Å². The number of aliphatic hydroxyl groups is 1. The number of rotatable bonds is 6. The summed E-state index contributed by atoms with van der Waals surface area (Å²) in [6, 6.07) is 16.0. The van der Waals surface area contributed by atoms with Crippen LogP contribution in [0.3, 0.4) is 0 Å². The van der Waals surface area contributed by atoms with E-state index in [2.05, 4.69) is 26.2 Å². The lowest BCUT2D eigenvalue weighted by atomic mass is 10.1. The quantitative estimate of drug-likeness (QED) is 0.536. The maximum absolute atomic E-state index is 12.6. The van der Waals surface area contributed by atoms with E-state index in [9.17, 15) is 9.90 Å². The largest absolute Gasteiger partial charge is 0.492 e. The van der Waals surface area contributed by atoms with E-state index in [-0.39, 0.29) is 12.0 Å². The SMILES string of the molecule is CCOc1cc(N2CCC(O)CC2)ccc1Nc1ncc2c(n1)N(c1ccccc1)CCC(=O)N2C. The lowest BCUT2D eigenvalue weighted by Crippen LogP contribution is -2.35. The lowest BCUT2D eigenvalue weighted by Gasteiger charge is -2.32. The zero-order chi connectivity index (χ0) is 25.1. The van der Waals surface area contributed by atoms with Crippen molar-refractivity contribution in [1.82, 2.24) is 9.97 Å². The molecule has 1 fully saturated rings. The molecule has 0 radical (unpaired) electrons. The van der Waals surface area contributed by atoms with Crippen LogP contribution >= 0.6 is 0 Å². The molecular formula is C27H32N6O3. The zero-order valence-corrected chi connectivity index (χ0v) is 20.7. The van der Waals surface area contributed by atoms with Crippen molar-refractivity contribution in [3.63, 3.8) is 0 Å². The Balaban J connectivity index is 1.46. The first kappa shape index (κ1) is 23.9. The molecule has 0 atom stereocenters. The molecule has 5 rings (SSSR count). The highest BCUT2D eigenvalue weighted by Crippen LogP contribution is 2.37. The van der Waals surface area contributed by atoms with Crippen LogP contribution in [0.25, 0.3) is 0 Å². The summed E-state index contributed by atoms with van der Waals surface area (Å²) in [5, 5.41) is 13.2. The number of carbonyl (C=O) groups is 1. The molecule has 0 aliphatic carbocycles. The highest BCUT2D eigenvalue weighted by atomic mass is 16.5. The normalized spacial score (nSPS) is 16.5. The van der Waals surface area contributed by atoms with Gasteiger partial charge in [0.05, 0.1) is 24.6 Å². The van der Waals surface area contributed by atoms with E-state index < -0.39 is 0 Å². The first-order valence-electron chi connectivity index (χ1n) is 12.5. The van der Waals surface area contributed by atoms with Gasteiger partial charge >= 0.3 is 0 Å². The summed E-state index contributed by atoms with van der Waals surface area (Å²) in [5.41, 5.74) is 3.47. The van der Waals surface area contributed by atoms with Gasteiger partial charge in [0.25, 0.3) is 0 Å². The molecule has 1 aromatic heterocycles. The first-order chi connectivity index (χ1) is 17.5. The molecule has 9 heteroatoms. The van der Waals surface area contributed by atoms with Crippen LogP contribution in [0.4, 0.5) is 34.5 Å². The van der Waals surface area contributed by atoms with Crippen molar-refractivity contribution < 1.29 is 14.6 Å². The Kier molecular flexibility index (Phi) is 6.90. The van der Waals surface area contributed by atoms with Crippen molar-refractivity contribution in [2.24, 2.45) is 0 Å². The van der Waals surface area contributed by atoms with E-state index in [1.807, 2.05) is 49.4 Å². The van der Waals surface area contributed by atoms with Crippen LogP contribution < -0.4 is 24.8 Å². The van der Waals surface area contributed by atoms with Crippen molar-refractivity contribution in [1.29, 1.82) is 0 Å². The minimum atomic E-state index is -0.219. The standard InChI is InChI=1S/C27H32N6O3/c1-3-36-24-17-20(32-14-11-21(34)12-15-32)9-10-22(24)29-27-28-18-23-26(30-27)33(16-13-25(35)31(23)2)19-7-5-4-6-8-19/h4-10,17-18,21,34H,3,11-16H2,1-2H3,(H,28,29,30). The number of aliphatic hydroxyl groups excluding tert-OH is 1. The topological polar surface area (TPSA) is 94.1 Å². The van der Waals surface area contributed by atoms with Crippen molar-refractivity contribution in [3.8, 4) is 5.75 Å². The number of para-hydroxylation sites is 1. The van der Waals surface area contributed by atoms with Gasteiger partial charge in [0, 0.05) is 50.5 Å². The number of nitrogens with zero attached hydrogens (tertiary/aromatic N) is 5. The highest BCUT2D eigenvalue weighted by molar-refractivity contribution is 5.98. The van der Waals surface area contributed by atoms with Crippen molar-refractivity contribution in [2.45, 2.75) is 32.3 Å². The molecule has 1 saturated heterocycles. The number of fused-ring (bicyclic) bond motifs is 1. The third-order valence-corrected chi connectivity index (χ3v) is 6.70. The highest BCUT2D eigenvalue weighted by Gasteiger charge is 2.27. The summed E-state index contributed by atoms with van der Waals surface area (Å²) < 4.78 is 5.96. The van der Waals surface area contributed by atoms with Crippen LogP contribution in [0.2, 0.25) is 0 Å². The van der Waals surface area contributed by atoms with Crippen molar-refractivity contribution >= 4 is 40.4 Å². The monoisotopic (exact) mass is 488 g/mol. The van der Waals surface area contributed by atoms with Gasteiger partial charge in [-0.25, -0.2) is 4.98 Å². The maximum atomic E-state index is 12.6. The van der Waals surface area contributed by atoms with Crippen LogP contribution in [0, 0.1) is 0 Å². The molecule has 2 N–H and O–H groups in total. The van der Waals surface area contributed by atoms with Gasteiger partial charge < -0.3 is 29.9 Å². The van der Waals surface area contributed by atoms with Gasteiger partial charge in [-0.05, 0) is 44.0 Å². The molecule has 0 unspecified atom stereocenters. The second-order valence-electron chi connectivity index (χ2n) is 9.05. The molecule has 36 heavy (non-hydrogen) atoms. The molecule has 3 heterocycles. The molecule has 2 aliphatic rings. The van der Waals surface area contributed by atoms with Crippen LogP contribution in [0.15, 0.2) is 54.7 Å². The zero-order valence-electron chi connectivity index (χ0n) is 20.7. The predicted molar refractivity (Wildman–Crippen MR) is 142 cm³/mol. The number of amides is 1. The number of aromatic nitrogens is 2. The summed E-state index contributed by atoms with van der Waals surface area (Å²) in [6.45, 7) is 4.64. The Morgan fingerprint density at radius 3 is 2.61 bits per heavy atom. The molecule has 2 aliphatic heterocycles. The molecule has 0 saturated carbocycles. The molecule has 2 aromatic carbocycles. The van der Waals surface area contributed by atoms with E-state index in [1.54, 1.807) is 18.1 Å². The van der Waals surface area contributed by atoms with Gasteiger partial charge in [-0.15, -0.1) is 0 Å². The van der Waals surface area contributed by atoms with E-state index in [0.29, 0.717) is 42.8 Å². The Hall–Kier alpha value is -3.85. The Morgan fingerprint density at radius 2 is 1.86 bits per heavy atom. The van der Waals surface area contributed by atoms with Gasteiger partial charge in [0.15, 0.2) is 5.82 Å². The molecule has 9 nitrogen and oxygen atoms in total. The summed E-state index contributed by atoms with van der Waals surface area (Å²) in [7, 11) is 1.76. The molecule has 188 valence electrons. The minimum absolute atomic E-state index is 0.0263. The van der Waals surface area contributed by atoms with E-state index in [0.717, 1.165) is 43.0 Å². The Morgan fingerprint density at radius 1 is 1.08 bits per heavy atom. The fraction of sp³-hybridized carbons (Fsp3) is 0.370. The third kappa shape index (κ3) is 4.92. The number of carbonyl (C=O) groups excluding carboxylic acids is 1. The van der Waals surface area contributed by atoms with Crippen molar-refractivity contribution in [3.05, 3.63) is 54.7 Å². The third-order valence-electron chi connectivity index (χ3n) is 6.70. The van der Waals surface area contributed by atoms with E-state index in [1.165, 1.54) is 0 Å². The molecule has 3 aromatic rings. The maximum Gasteiger partial charge on any atom is 0.229 e. The summed E-state index contributed by atoms with van der Waals surface area (Å²) in [6.07, 6.45) is 3.39. The van der Waals surface area contributed by atoms with E-state index >= 15 is 0 Å². The number of anilines is 6. The molecule has 0 spiro atoms. The minimum Gasteiger partial charge on any atom is -0.492 e. The van der Waals surface area contributed by atoms with Gasteiger partial charge in [0.2, 0.25) is 11.9 Å². The molecular weight excluding hydrogens is 456 g/mol. The van der Waals surface area contributed by atoms with Gasteiger partial charge in [-0.1, -0.05) is 18.2 Å². The number of hydrogen-bond donors (Lipinski definition) is 2. The van der Waals surface area contributed by atoms with Crippen LogP contribution in [0.5, 0.6) is 5.75 Å². The molecule has 1 amide bonds. The predicted octanol–water partition coefficient (Wildman–Crippen LogP) is 4.08. The lowest BCUT2D eigenvalue weighted by molar-refractivity contribution is -0.118. The Labute approximate surface area is 211 Å². The van der Waals surface area contributed by atoms with Crippen LogP contribution in [-0.2, 0) is 4.79 Å². The smallest absolute Gasteiger partial charge is 0.229 e. The van der Waals surface area contributed by atoms with E-state index in [4.69, 9.17) is 9.72 Å². The molecule has 0 bridgehead atoms. The summed E-state index contributed by atoms with van der Waals surface area (Å²) in [4.78, 5) is 27.9. The fourth-order valence-electron chi connectivity index (χ4n) is 4.67.